The van der Waals surface area contributed by atoms with Gasteiger partial charge in [0.25, 0.3) is 5.91 Å². The van der Waals surface area contributed by atoms with Crippen molar-refractivity contribution in [1.29, 1.82) is 0 Å². The predicted molar refractivity (Wildman–Crippen MR) is 80.5 cm³/mol. The third-order valence-electron chi connectivity index (χ3n) is 3.97. The third-order valence-corrected chi connectivity index (χ3v) is 3.97. The van der Waals surface area contributed by atoms with Crippen LogP contribution >= 0.6 is 0 Å². The van der Waals surface area contributed by atoms with Crippen LogP contribution in [0.15, 0.2) is 36.4 Å². The number of halogens is 1. The first-order chi connectivity index (χ1) is 11.0. The fraction of sp³-hybridized carbons (Fsp3) is 0.235. The Kier molecular flexibility index (Phi) is 3.82. The summed E-state index contributed by atoms with van der Waals surface area (Å²) < 4.78 is 12.9. The summed E-state index contributed by atoms with van der Waals surface area (Å²) in [6.45, 7) is 0.114. The van der Waals surface area contributed by atoms with Crippen molar-refractivity contribution in [1.82, 2.24) is 9.88 Å². The number of hydrogen-bond acceptors (Lipinski definition) is 3. The van der Waals surface area contributed by atoms with Crippen LogP contribution in [0.2, 0.25) is 0 Å². The van der Waals surface area contributed by atoms with Crippen LogP contribution < -0.4 is 0 Å². The van der Waals surface area contributed by atoms with Gasteiger partial charge in [0.2, 0.25) is 5.78 Å². The number of likely N-dealkylation sites (N-methyl/N-ethyl adjacent to an activating group) is 1. The van der Waals surface area contributed by atoms with Gasteiger partial charge in [-0.2, -0.15) is 0 Å². The molecule has 1 unspecified atom stereocenters. The number of aromatic amines is 1. The van der Waals surface area contributed by atoms with Gasteiger partial charge >= 0.3 is 0 Å². The number of hydrogen-bond donors (Lipinski definition) is 1. The number of carbonyl (C=O) groups excluding carboxylic acids is 3. The molecule has 3 rings (SSSR count). The van der Waals surface area contributed by atoms with Crippen molar-refractivity contribution in [2.75, 3.05) is 13.6 Å². The van der Waals surface area contributed by atoms with E-state index in [1.54, 1.807) is 24.3 Å². The summed E-state index contributed by atoms with van der Waals surface area (Å²) in [5.41, 5.74) is 1.99. The number of carbonyl (C=O) groups is 3. The number of benzene rings is 1. The molecule has 6 heteroatoms. The number of H-pyrrole nitrogens is 1. The Hall–Kier alpha value is -2.76. The fourth-order valence-electron chi connectivity index (χ4n) is 2.68. The lowest BCUT2D eigenvalue weighted by Crippen LogP contribution is -2.24. The van der Waals surface area contributed by atoms with Crippen LogP contribution in [-0.2, 0) is 16.0 Å². The van der Waals surface area contributed by atoms with E-state index in [9.17, 15) is 18.8 Å². The van der Waals surface area contributed by atoms with Crippen LogP contribution in [0.1, 0.15) is 21.7 Å². The number of ketones is 2. The maximum atomic E-state index is 12.9. The van der Waals surface area contributed by atoms with E-state index in [1.165, 1.54) is 24.1 Å². The average Bonchev–Trinajstić information content (AvgIpc) is 3.10. The van der Waals surface area contributed by atoms with Gasteiger partial charge in [0.05, 0.1) is 5.69 Å². The molecule has 1 amide bonds. The molecular formula is C17H15FN2O3. The molecule has 0 bridgehead atoms. The topological polar surface area (TPSA) is 70.2 Å². The minimum Gasteiger partial charge on any atom is -0.356 e. The van der Waals surface area contributed by atoms with Gasteiger partial charge in [0, 0.05) is 25.7 Å². The molecule has 1 fully saturated rings. The molecule has 2 heterocycles. The Labute approximate surface area is 132 Å². The lowest BCUT2D eigenvalue weighted by molar-refractivity contribution is -0.139. The van der Waals surface area contributed by atoms with Crippen molar-refractivity contribution in [3.8, 4) is 0 Å². The van der Waals surface area contributed by atoms with Gasteiger partial charge < -0.3 is 9.88 Å². The van der Waals surface area contributed by atoms with Crippen molar-refractivity contribution < 1.29 is 18.8 Å². The van der Waals surface area contributed by atoms with Crippen molar-refractivity contribution in [2.24, 2.45) is 5.92 Å². The van der Waals surface area contributed by atoms with E-state index in [2.05, 4.69) is 4.98 Å². The third kappa shape index (κ3) is 2.92. The fourth-order valence-corrected chi connectivity index (χ4v) is 2.68. The zero-order chi connectivity index (χ0) is 16.6. The lowest BCUT2D eigenvalue weighted by atomic mass is 10.00. The monoisotopic (exact) mass is 314 g/mol. The molecule has 0 saturated carbocycles. The van der Waals surface area contributed by atoms with Crippen molar-refractivity contribution in [3.05, 3.63) is 59.2 Å². The van der Waals surface area contributed by atoms with Gasteiger partial charge in [-0.15, -0.1) is 0 Å². The molecule has 5 nitrogen and oxygen atoms in total. The van der Waals surface area contributed by atoms with Crippen molar-refractivity contribution in [2.45, 2.75) is 6.42 Å². The normalized spacial score (nSPS) is 17.8. The quantitative estimate of drug-likeness (QED) is 0.529. The van der Waals surface area contributed by atoms with Crippen molar-refractivity contribution >= 4 is 17.5 Å². The molecule has 1 aliphatic heterocycles. The maximum absolute atomic E-state index is 12.9. The molecule has 1 aliphatic rings. The molecule has 1 aromatic heterocycles. The molecule has 0 aliphatic carbocycles. The first-order valence-electron chi connectivity index (χ1n) is 7.21. The Bertz CT molecular complexity index is 779. The number of likely N-dealkylation sites (tertiary alicyclic amines) is 1. The highest BCUT2D eigenvalue weighted by Crippen LogP contribution is 2.19. The summed E-state index contributed by atoms with van der Waals surface area (Å²) >= 11 is 0. The first kappa shape index (κ1) is 15.1. The summed E-state index contributed by atoms with van der Waals surface area (Å²) in [6, 6.07) is 9.46. The maximum Gasteiger partial charge on any atom is 0.290 e. The van der Waals surface area contributed by atoms with Gasteiger partial charge in [-0.05, 0) is 29.8 Å². The molecule has 1 N–H and O–H groups in total. The summed E-state index contributed by atoms with van der Waals surface area (Å²) in [6.07, 6.45) is 0.519. The van der Waals surface area contributed by atoms with Crippen LogP contribution in [0.3, 0.4) is 0 Å². The molecule has 0 radical (unpaired) electrons. The molecule has 23 heavy (non-hydrogen) atoms. The Balaban J connectivity index is 1.74. The second-order valence-electron chi connectivity index (χ2n) is 5.67. The number of rotatable bonds is 4. The Morgan fingerprint density at radius 2 is 1.91 bits per heavy atom. The molecule has 1 aromatic carbocycles. The Morgan fingerprint density at radius 1 is 1.22 bits per heavy atom. The van der Waals surface area contributed by atoms with Crippen LogP contribution in [-0.4, -0.2) is 40.9 Å². The number of nitrogens with one attached hydrogen (secondary N) is 1. The van der Waals surface area contributed by atoms with Crippen molar-refractivity contribution in [3.63, 3.8) is 0 Å². The highest BCUT2D eigenvalue weighted by atomic mass is 19.1. The number of nitrogens with zero attached hydrogens (tertiary/aromatic N) is 1. The van der Waals surface area contributed by atoms with Crippen LogP contribution in [0.4, 0.5) is 4.39 Å². The summed E-state index contributed by atoms with van der Waals surface area (Å²) in [7, 11) is 1.50. The standard InChI is InChI=1S/C17H15FN2O3/c1-20-9-13(16(22)17(20)23)15(21)14-7-6-12(19-14)8-10-2-4-11(18)5-3-10/h2-7,13,19H,8-9H2,1H3. The van der Waals surface area contributed by atoms with E-state index in [1.807, 2.05) is 0 Å². The predicted octanol–water partition coefficient (Wildman–Crippen LogP) is 1.58. The molecule has 1 saturated heterocycles. The van der Waals surface area contributed by atoms with Gasteiger partial charge in [0.15, 0.2) is 5.78 Å². The number of aromatic nitrogens is 1. The van der Waals surface area contributed by atoms with Crippen LogP contribution in [0, 0.1) is 11.7 Å². The molecule has 2 aromatic rings. The smallest absolute Gasteiger partial charge is 0.290 e. The zero-order valence-electron chi connectivity index (χ0n) is 12.5. The largest absolute Gasteiger partial charge is 0.356 e. The summed E-state index contributed by atoms with van der Waals surface area (Å²) in [4.78, 5) is 39.9. The van der Waals surface area contributed by atoms with Crippen LogP contribution in [0.5, 0.6) is 0 Å². The first-order valence-corrected chi connectivity index (χ1v) is 7.21. The van der Waals surface area contributed by atoms with E-state index in [0.717, 1.165) is 11.3 Å². The second-order valence-corrected chi connectivity index (χ2v) is 5.67. The lowest BCUT2D eigenvalue weighted by Gasteiger charge is -2.06. The molecule has 118 valence electrons. The van der Waals surface area contributed by atoms with E-state index >= 15 is 0 Å². The van der Waals surface area contributed by atoms with E-state index < -0.39 is 17.6 Å². The minimum atomic E-state index is -0.940. The molecule has 0 spiro atoms. The average molecular weight is 314 g/mol. The van der Waals surface area contributed by atoms with E-state index in [-0.39, 0.29) is 18.1 Å². The zero-order valence-corrected chi connectivity index (χ0v) is 12.5. The van der Waals surface area contributed by atoms with Gasteiger partial charge in [-0.3, -0.25) is 14.4 Å². The number of amides is 1. The number of Topliss-reactive ketones (excluding diaryl/α,β-unsaturated/α-hetero) is 2. The second kappa shape index (κ2) is 5.79. The Morgan fingerprint density at radius 3 is 2.52 bits per heavy atom. The van der Waals surface area contributed by atoms with E-state index in [4.69, 9.17) is 0 Å². The van der Waals surface area contributed by atoms with Crippen LogP contribution in [0.25, 0.3) is 0 Å². The van der Waals surface area contributed by atoms with Gasteiger partial charge in [-0.1, -0.05) is 12.1 Å². The summed E-state index contributed by atoms with van der Waals surface area (Å²) in [5, 5.41) is 0. The molecular weight excluding hydrogens is 299 g/mol. The highest BCUT2D eigenvalue weighted by molar-refractivity contribution is 6.43. The summed E-state index contributed by atoms with van der Waals surface area (Å²) in [5.74, 6) is -2.90. The van der Waals surface area contributed by atoms with Gasteiger partial charge in [0.1, 0.15) is 11.7 Å². The van der Waals surface area contributed by atoms with E-state index in [0.29, 0.717) is 12.1 Å². The minimum absolute atomic E-state index is 0.114. The van der Waals surface area contributed by atoms with Gasteiger partial charge in [-0.25, -0.2) is 4.39 Å². The SMILES string of the molecule is CN1CC(C(=O)c2ccc(Cc3ccc(F)cc3)[nH]2)C(=O)C1=O. The molecule has 1 atom stereocenters. The highest BCUT2D eigenvalue weighted by Gasteiger charge is 2.41.